The molecule has 4 heteroatoms. The number of rotatable bonds is 8. The van der Waals surface area contributed by atoms with Gasteiger partial charge in [-0.2, -0.15) is 0 Å². The number of hydrogen-bond donors (Lipinski definition) is 1. The molecule has 0 aliphatic rings. The first kappa shape index (κ1) is 16.1. The van der Waals surface area contributed by atoms with Crippen molar-refractivity contribution in [3.63, 3.8) is 0 Å². The Hall–Kier alpha value is -1.23. The first-order valence-corrected chi connectivity index (χ1v) is 8.43. The van der Waals surface area contributed by atoms with Crippen LogP contribution in [-0.2, 0) is 19.5 Å². The van der Waals surface area contributed by atoms with E-state index in [1.165, 1.54) is 10.6 Å². The standard InChI is InChI=1S/C17H24N2OS/c1-3-17-18-16(13-21-17)12-19(14(2)9-10-20)11-15-7-5-4-6-8-15/h4-8,13-14,20H,3,9-12H2,1-2H3. The highest BCUT2D eigenvalue weighted by Crippen LogP contribution is 2.17. The van der Waals surface area contributed by atoms with Gasteiger partial charge in [-0.15, -0.1) is 11.3 Å². The van der Waals surface area contributed by atoms with E-state index in [4.69, 9.17) is 0 Å². The minimum Gasteiger partial charge on any atom is -0.396 e. The molecule has 2 aromatic rings. The topological polar surface area (TPSA) is 36.4 Å². The highest BCUT2D eigenvalue weighted by atomic mass is 32.1. The van der Waals surface area contributed by atoms with Gasteiger partial charge in [0, 0.05) is 31.1 Å². The van der Waals surface area contributed by atoms with Crippen molar-refractivity contribution < 1.29 is 5.11 Å². The largest absolute Gasteiger partial charge is 0.396 e. The van der Waals surface area contributed by atoms with E-state index in [9.17, 15) is 5.11 Å². The predicted octanol–water partition coefficient (Wildman–Crippen LogP) is 3.48. The summed E-state index contributed by atoms with van der Waals surface area (Å²) in [7, 11) is 0. The molecule has 0 aliphatic heterocycles. The highest BCUT2D eigenvalue weighted by Gasteiger charge is 2.16. The van der Waals surface area contributed by atoms with Gasteiger partial charge in [0.15, 0.2) is 0 Å². The summed E-state index contributed by atoms with van der Waals surface area (Å²) in [5, 5.41) is 12.6. The molecule has 3 nitrogen and oxygen atoms in total. The van der Waals surface area contributed by atoms with Crippen LogP contribution in [0.3, 0.4) is 0 Å². The zero-order valence-electron chi connectivity index (χ0n) is 12.8. The Bertz CT molecular complexity index is 527. The Balaban J connectivity index is 2.07. The molecule has 0 saturated heterocycles. The molecule has 0 fully saturated rings. The Labute approximate surface area is 131 Å². The van der Waals surface area contributed by atoms with Gasteiger partial charge in [0.1, 0.15) is 0 Å². The smallest absolute Gasteiger partial charge is 0.0926 e. The summed E-state index contributed by atoms with van der Waals surface area (Å²) in [6, 6.07) is 10.8. The molecule has 1 atom stereocenters. The van der Waals surface area contributed by atoms with Crippen LogP contribution in [0.15, 0.2) is 35.7 Å². The second-order valence-corrected chi connectivity index (χ2v) is 6.28. The third-order valence-electron chi connectivity index (χ3n) is 3.67. The van der Waals surface area contributed by atoms with Crippen LogP contribution in [-0.4, -0.2) is 27.6 Å². The summed E-state index contributed by atoms with van der Waals surface area (Å²) >= 11 is 1.74. The summed E-state index contributed by atoms with van der Waals surface area (Å²) < 4.78 is 0. The van der Waals surface area contributed by atoms with Gasteiger partial charge in [0.25, 0.3) is 0 Å². The van der Waals surface area contributed by atoms with Crippen molar-refractivity contribution in [3.8, 4) is 0 Å². The minimum atomic E-state index is 0.226. The van der Waals surface area contributed by atoms with Crippen LogP contribution in [0.5, 0.6) is 0 Å². The fourth-order valence-corrected chi connectivity index (χ4v) is 3.08. The van der Waals surface area contributed by atoms with Crippen LogP contribution >= 0.6 is 11.3 Å². The lowest BCUT2D eigenvalue weighted by Crippen LogP contribution is -2.33. The van der Waals surface area contributed by atoms with Gasteiger partial charge in [-0.05, 0) is 25.3 Å². The van der Waals surface area contributed by atoms with E-state index in [1.54, 1.807) is 11.3 Å². The van der Waals surface area contributed by atoms with Gasteiger partial charge in [0.05, 0.1) is 10.7 Å². The van der Waals surface area contributed by atoms with Crippen molar-refractivity contribution in [2.24, 2.45) is 0 Å². The predicted molar refractivity (Wildman–Crippen MR) is 88.3 cm³/mol. The zero-order chi connectivity index (χ0) is 15.1. The second-order valence-electron chi connectivity index (χ2n) is 5.34. The summed E-state index contributed by atoms with van der Waals surface area (Å²) in [5.41, 5.74) is 2.44. The number of benzene rings is 1. The van der Waals surface area contributed by atoms with Crippen LogP contribution in [0.2, 0.25) is 0 Å². The number of nitrogens with zero attached hydrogens (tertiary/aromatic N) is 2. The Morgan fingerprint density at radius 2 is 2.00 bits per heavy atom. The minimum absolute atomic E-state index is 0.226. The lowest BCUT2D eigenvalue weighted by Gasteiger charge is -2.28. The van der Waals surface area contributed by atoms with Crippen molar-refractivity contribution in [2.45, 2.75) is 45.8 Å². The van der Waals surface area contributed by atoms with Crippen molar-refractivity contribution >= 4 is 11.3 Å². The monoisotopic (exact) mass is 304 g/mol. The van der Waals surface area contributed by atoms with Gasteiger partial charge in [-0.3, -0.25) is 4.90 Å². The molecule has 1 aromatic heterocycles. The van der Waals surface area contributed by atoms with Crippen LogP contribution in [0, 0.1) is 0 Å². The first-order valence-electron chi connectivity index (χ1n) is 7.55. The van der Waals surface area contributed by atoms with Crippen molar-refractivity contribution in [1.82, 2.24) is 9.88 Å². The average Bonchev–Trinajstić information content (AvgIpc) is 2.95. The quantitative estimate of drug-likeness (QED) is 0.811. The molecular weight excluding hydrogens is 280 g/mol. The van der Waals surface area contributed by atoms with E-state index in [0.29, 0.717) is 6.04 Å². The molecule has 1 aromatic carbocycles. The van der Waals surface area contributed by atoms with Gasteiger partial charge in [-0.1, -0.05) is 37.3 Å². The van der Waals surface area contributed by atoms with Gasteiger partial charge in [0.2, 0.25) is 0 Å². The van der Waals surface area contributed by atoms with E-state index in [2.05, 4.69) is 53.4 Å². The first-order chi connectivity index (χ1) is 10.2. The maximum Gasteiger partial charge on any atom is 0.0926 e. The highest BCUT2D eigenvalue weighted by molar-refractivity contribution is 7.09. The van der Waals surface area contributed by atoms with Crippen LogP contribution in [0.1, 0.15) is 36.5 Å². The van der Waals surface area contributed by atoms with Crippen LogP contribution in [0.25, 0.3) is 0 Å². The van der Waals surface area contributed by atoms with E-state index in [-0.39, 0.29) is 6.61 Å². The van der Waals surface area contributed by atoms with E-state index in [1.807, 2.05) is 6.07 Å². The van der Waals surface area contributed by atoms with Crippen molar-refractivity contribution in [2.75, 3.05) is 6.61 Å². The SMILES string of the molecule is CCc1nc(CN(Cc2ccccc2)C(C)CCO)cs1. The van der Waals surface area contributed by atoms with Crippen molar-refractivity contribution in [1.29, 1.82) is 0 Å². The molecule has 0 radical (unpaired) electrons. The molecule has 114 valence electrons. The maximum atomic E-state index is 9.22. The van der Waals surface area contributed by atoms with Gasteiger partial charge >= 0.3 is 0 Å². The molecule has 2 rings (SSSR count). The maximum absolute atomic E-state index is 9.22. The molecule has 0 bridgehead atoms. The molecule has 0 saturated carbocycles. The number of thiazole rings is 1. The molecule has 21 heavy (non-hydrogen) atoms. The Kier molecular flexibility index (Phi) is 6.36. The molecule has 0 aliphatic carbocycles. The van der Waals surface area contributed by atoms with E-state index < -0.39 is 0 Å². The molecular formula is C17H24N2OS. The number of aliphatic hydroxyl groups is 1. The summed E-state index contributed by atoms with van der Waals surface area (Å²) in [4.78, 5) is 7.06. The number of aromatic nitrogens is 1. The van der Waals surface area contributed by atoms with Crippen LogP contribution < -0.4 is 0 Å². The fourth-order valence-electron chi connectivity index (χ4n) is 2.35. The number of hydrogen-bond acceptors (Lipinski definition) is 4. The molecule has 1 unspecified atom stereocenters. The summed E-state index contributed by atoms with van der Waals surface area (Å²) in [6.07, 6.45) is 1.78. The van der Waals surface area contributed by atoms with E-state index >= 15 is 0 Å². The number of aryl methyl sites for hydroxylation is 1. The average molecular weight is 304 g/mol. The summed E-state index contributed by atoms with van der Waals surface area (Å²) in [5.74, 6) is 0. The van der Waals surface area contributed by atoms with E-state index in [0.717, 1.165) is 31.6 Å². The molecule has 1 heterocycles. The van der Waals surface area contributed by atoms with Gasteiger partial charge < -0.3 is 5.11 Å². The number of aliphatic hydroxyl groups excluding tert-OH is 1. The Morgan fingerprint density at radius 3 is 2.62 bits per heavy atom. The third kappa shape index (κ3) is 4.92. The summed E-state index contributed by atoms with van der Waals surface area (Å²) in [6.45, 7) is 6.27. The molecule has 0 amide bonds. The van der Waals surface area contributed by atoms with Crippen LogP contribution in [0.4, 0.5) is 0 Å². The molecule has 0 spiro atoms. The third-order valence-corrected chi connectivity index (χ3v) is 4.71. The lowest BCUT2D eigenvalue weighted by atomic mass is 10.1. The van der Waals surface area contributed by atoms with Crippen molar-refractivity contribution in [3.05, 3.63) is 52.0 Å². The zero-order valence-corrected chi connectivity index (χ0v) is 13.6. The van der Waals surface area contributed by atoms with Gasteiger partial charge in [-0.25, -0.2) is 4.98 Å². The Morgan fingerprint density at radius 1 is 1.24 bits per heavy atom. The molecule has 1 N–H and O–H groups in total. The normalized spacial score (nSPS) is 12.8. The lowest BCUT2D eigenvalue weighted by molar-refractivity contribution is 0.152. The fraction of sp³-hybridized carbons (Fsp3) is 0.471. The second kappa shape index (κ2) is 8.27.